The van der Waals surface area contributed by atoms with Crippen LogP contribution in [0.1, 0.15) is 78.1 Å². The monoisotopic (exact) mass is 300 g/mol. The van der Waals surface area contributed by atoms with Crippen LogP contribution in [0.25, 0.3) is 0 Å². The van der Waals surface area contributed by atoms with E-state index in [0.717, 1.165) is 10.5 Å². The zero-order chi connectivity index (χ0) is 13.5. The predicted octanol–water partition coefficient (Wildman–Crippen LogP) is 5.41. The number of rotatable bonds is 6. The maximum absolute atomic E-state index is 4.99. The lowest BCUT2D eigenvalue weighted by Gasteiger charge is -2.28. The van der Waals surface area contributed by atoms with Gasteiger partial charge in [-0.1, -0.05) is 38.5 Å². The fourth-order valence-electron chi connectivity index (χ4n) is 3.33. The number of thioether (sulfide) groups is 2. The Hall–Kier alpha value is 0.660. The van der Waals surface area contributed by atoms with E-state index in [9.17, 15) is 0 Å². The highest BCUT2D eigenvalue weighted by atomic mass is 32.2. The maximum Gasteiger partial charge on any atom is 0.0686 e. The zero-order valence-electron chi connectivity index (χ0n) is 12.6. The zero-order valence-corrected chi connectivity index (χ0v) is 14.3. The van der Waals surface area contributed by atoms with Gasteiger partial charge in [0.1, 0.15) is 0 Å². The Morgan fingerprint density at radius 3 is 1.42 bits per heavy atom. The van der Waals surface area contributed by atoms with E-state index in [4.69, 9.17) is 5.32 Å². The van der Waals surface area contributed by atoms with E-state index < -0.39 is 0 Å². The second-order valence-electron chi connectivity index (χ2n) is 6.14. The molecule has 0 bridgehead atoms. The molecule has 2 fully saturated rings. The van der Waals surface area contributed by atoms with Gasteiger partial charge in [0.2, 0.25) is 0 Å². The molecule has 0 aromatic heterocycles. The summed E-state index contributed by atoms with van der Waals surface area (Å²) < 4.78 is 0. The van der Waals surface area contributed by atoms with Crippen LogP contribution in [0.5, 0.6) is 0 Å². The quantitative estimate of drug-likeness (QED) is 0.650. The number of hydrogen-bond donors (Lipinski definition) is 0. The topological polar surface area (TPSA) is 14.1 Å². The first kappa shape index (κ1) is 16.0. The van der Waals surface area contributed by atoms with Crippen molar-refractivity contribution >= 4 is 23.5 Å². The lowest BCUT2D eigenvalue weighted by molar-refractivity contribution is 0.509. The largest absolute Gasteiger partial charge is 0.214 e. The van der Waals surface area contributed by atoms with Crippen molar-refractivity contribution in [2.75, 3.05) is 0 Å². The molecule has 3 heteroatoms. The second-order valence-corrected chi connectivity index (χ2v) is 9.38. The molecule has 2 unspecified atom stereocenters. The van der Waals surface area contributed by atoms with Gasteiger partial charge < -0.3 is 0 Å². The minimum Gasteiger partial charge on any atom is -0.214 e. The molecule has 2 aliphatic carbocycles. The van der Waals surface area contributed by atoms with Crippen molar-refractivity contribution in [1.29, 1.82) is 0 Å². The molecule has 0 aliphatic heterocycles. The molecular formula is C16H30NS2. The van der Waals surface area contributed by atoms with Crippen molar-refractivity contribution in [2.24, 2.45) is 0 Å². The predicted molar refractivity (Wildman–Crippen MR) is 90.0 cm³/mol. The molecule has 0 N–H and O–H groups in total. The third-order valence-electron chi connectivity index (χ3n) is 4.30. The van der Waals surface area contributed by atoms with E-state index in [1.54, 1.807) is 0 Å². The van der Waals surface area contributed by atoms with Crippen LogP contribution in [0, 0.1) is 0 Å². The summed E-state index contributed by atoms with van der Waals surface area (Å²) in [5, 5.41) is 7.76. The summed E-state index contributed by atoms with van der Waals surface area (Å²) in [5.41, 5.74) is 0. The standard InChI is InChI=1S/C16H30NS2/c1-13(18-15-9-5-3-6-10-15)17-14(2)19-16-11-7-4-8-12-16/h13-16H,3-12H2,1-2H3. The summed E-state index contributed by atoms with van der Waals surface area (Å²) in [6.45, 7) is 4.61. The number of hydrogen-bond acceptors (Lipinski definition) is 2. The van der Waals surface area contributed by atoms with Crippen LogP contribution in [0.2, 0.25) is 0 Å². The molecule has 0 saturated heterocycles. The molecule has 2 aliphatic rings. The van der Waals surface area contributed by atoms with Gasteiger partial charge in [0, 0.05) is 10.5 Å². The van der Waals surface area contributed by atoms with Gasteiger partial charge in [-0.15, -0.1) is 23.5 Å². The summed E-state index contributed by atoms with van der Waals surface area (Å²) in [4.78, 5) is 0. The maximum atomic E-state index is 4.99. The Morgan fingerprint density at radius 2 is 1.05 bits per heavy atom. The van der Waals surface area contributed by atoms with Crippen molar-refractivity contribution in [2.45, 2.75) is 99.3 Å². The molecule has 0 aromatic rings. The van der Waals surface area contributed by atoms with Crippen LogP contribution in [0.3, 0.4) is 0 Å². The van der Waals surface area contributed by atoms with E-state index in [1.165, 1.54) is 64.2 Å². The van der Waals surface area contributed by atoms with Crippen LogP contribution in [-0.2, 0) is 0 Å². The molecule has 2 atom stereocenters. The van der Waals surface area contributed by atoms with Gasteiger partial charge in [0.25, 0.3) is 0 Å². The molecule has 0 aromatic carbocycles. The highest BCUT2D eigenvalue weighted by Crippen LogP contribution is 2.33. The van der Waals surface area contributed by atoms with E-state index in [2.05, 4.69) is 37.4 Å². The third-order valence-corrected chi connectivity index (χ3v) is 7.05. The molecule has 0 spiro atoms. The molecular weight excluding hydrogens is 270 g/mol. The Morgan fingerprint density at radius 1 is 0.684 bits per heavy atom. The van der Waals surface area contributed by atoms with Crippen LogP contribution >= 0.6 is 23.5 Å². The highest BCUT2D eigenvalue weighted by Gasteiger charge is 2.21. The molecule has 1 nitrogen and oxygen atoms in total. The van der Waals surface area contributed by atoms with Crippen LogP contribution < -0.4 is 5.32 Å². The van der Waals surface area contributed by atoms with E-state index in [0.29, 0.717) is 10.7 Å². The van der Waals surface area contributed by atoms with Gasteiger partial charge in [0.05, 0.1) is 10.7 Å². The summed E-state index contributed by atoms with van der Waals surface area (Å²) in [6.07, 6.45) is 14.4. The van der Waals surface area contributed by atoms with Crippen LogP contribution in [-0.4, -0.2) is 21.2 Å². The van der Waals surface area contributed by atoms with E-state index in [-0.39, 0.29) is 0 Å². The summed E-state index contributed by atoms with van der Waals surface area (Å²) in [5.74, 6) is 0. The molecule has 1 radical (unpaired) electrons. The molecule has 0 amide bonds. The Balaban J connectivity index is 1.61. The van der Waals surface area contributed by atoms with Crippen molar-refractivity contribution in [3.63, 3.8) is 0 Å². The van der Waals surface area contributed by atoms with Gasteiger partial charge in [0.15, 0.2) is 0 Å². The van der Waals surface area contributed by atoms with Crippen molar-refractivity contribution in [1.82, 2.24) is 5.32 Å². The van der Waals surface area contributed by atoms with Gasteiger partial charge in [-0.3, -0.25) is 0 Å². The average molecular weight is 301 g/mol. The van der Waals surface area contributed by atoms with Crippen molar-refractivity contribution < 1.29 is 0 Å². The first-order valence-electron chi connectivity index (χ1n) is 8.25. The Kier molecular flexibility index (Phi) is 7.46. The van der Waals surface area contributed by atoms with E-state index in [1.807, 2.05) is 0 Å². The van der Waals surface area contributed by atoms with E-state index >= 15 is 0 Å². The fourth-order valence-corrected chi connectivity index (χ4v) is 6.23. The summed E-state index contributed by atoms with van der Waals surface area (Å²) in [7, 11) is 0. The lowest BCUT2D eigenvalue weighted by atomic mass is 10.0. The first-order chi connectivity index (χ1) is 9.24. The van der Waals surface area contributed by atoms with Gasteiger partial charge in [-0.05, 0) is 39.5 Å². The molecule has 0 heterocycles. The second kappa shape index (κ2) is 8.84. The SMILES string of the molecule is CC([N]C(C)SC1CCCCC1)SC1CCCCC1. The van der Waals surface area contributed by atoms with Crippen LogP contribution in [0.4, 0.5) is 0 Å². The van der Waals surface area contributed by atoms with Gasteiger partial charge in [-0.25, -0.2) is 5.32 Å². The summed E-state index contributed by atoms with van der Waals surface area (Å²) in [6, 6.07) is 0. The summed E-state index contributed by atoms with van der Waals surface area (Å²) >= 11 is 4.26. The Labute approximate surface area is 128 Å². The minimum absolute atomic E-state index is 0.495. The van der Waals surface area contributed by atoms with Crippen molar-refractivity contribution in [3.05, 3.63) is 0 Å². The Bertz CT molecular complexity index is 211. The first-order valence-corrected chi connectivity index (χ1v) is 10.1. The van der Waals surface area contributed by atoms with Gasteiger partial charge >= 0.3 is 0 Å². The van der Waals surface area contributed by atoms with Crippen LogP contribution in [0.15, 0.2) is 0 Å². The highest BCUT2D eigenvalue weighted by molar-refractivity contribution is 8.01. The lowest BCUT2D eigenvalue weighted by Crippen LogP contribution is -2.27. The average Bonchev–Trinajstić information content (AvgIpc) is 2.40. The van der Waals surface area contributed by atoms with Crippen molar-refractivity contribution in [3.8, 4) is 0 Å². The molecule has 19 heavy (non-hydrogen) atoms. The third kappa shape index (κ3) is 6.31. The minimum atomic E-state index is 0.495. The smallest absolute Gasteiger partial charge is 0.0686 e. The molecule has 111 valence electrons. The molecule has 2 rings (SSSR count). The fraction of sp³-hybridized carbons (Fsp3) is 1.00. The normalized spacial score (nSPS) is 26.2. The number of nitrogens with zero attached hydrogens (tertiary/aromatic N) is 1. The molecule has 2 saturated carbocycles. The van der Waals surface area contributed by atoms with Gasteiger partial charge in [-0.2, -0.15) is 0 Å².